The molecule has 3 heterocycles. The van der Waals surface area contributed by atoms with Gasteiger partial charge in [0.15, 0.2) is 0 Å². The number of para-hydroxylation sites is 1. The van der Waals surface area contributed by atoms with E-state index in [1.165, 1.54) is 10.8 Å². The first-order chi connectivity index (χ1) is 7.93. The highest BCUT2D eigenvalue weighted by Gasteiger charge is 2.08. The van der Waals surface area contributed by atoms with Crippen molar-refractivity contribution >= 4 is 32.8 Å². The third-order valence-corrected chi connectivity index (χ3v) is 3.05. The highest BCUT2D eigenvalue weighted by Crippen LogP contribution is 2.29. The van der Waals surface area contributed by atoms with Crippen LogP contribution < -0.4 is 0 Å². The molecule has 0 saturated carbocycles. The summed E-state index contributed by atoms with van der Waals surface area (Å²) in [4.78, 5) is 11.1. The molecule has 16 heavy (non-hydrogen) atoms. The summed E-state index contributed by atoms with van der Waals surface area (Å²) in [6, 6.07) is 10.3. The van der Waals surface area contributed by atoms with Crippen molar-refractivity contribution in [2.45, 2.75) is 0 Å². The van der Waals surface area contributed by atoms with Gasteiger partial charge in [-0.15, -0.1) is 0 Å². The molecule has 3 aromatic heterocycles. The summed E-state index contributed by atoms with van der Waals surface area (Å²) in [6.45, 7) is 0. The molecule has 0 radical (unpaired) electrons. The van der Waals surface area contributed by atoms with E-state index in [1.54, 1.807) is 0 Å². The van der Waals surface area contributed by atoms with Gasteiger partial charge in [-0.3, -0.25) is 0 Å². The van der Waals surface area contributed by atoms with Gasteiger partial charge in [0.2, 0.25) is 0 Å². The number of hydrogen-bond acceptors (Lipinski definition) is 1. The third-order valence-electron chi connectivity index (χ3n) is 3.05. The molecule has 2 N–H and O–H groups in total. The highest BCUT2D eigenvalue weighted by molar-refractivity contribution is 6.17. The van der Waals surface area contributed by atoms with Crippen LogP contribution in [0.2, 0.25) is 0 Å². The van der Waals surface area contributed by atoms with Crippen molar-refractivity contribution in [2.24, 2.45) is 0 Å². The first-order valence-corrected chi connectivity index (χ1v) is 5.26. The molecule has 0 amide bonds. The maximum atomic E-state index is 4.44. The Morgan fingerprint density at radius 3 is 3.00 bits per heavy atom. The average molecular weight is 207 g/mol. The predicted molar refractivity (Wildman–Crippen MR) is 65.5 cm³/mol. The molecule has 4 rings (SSSR count). The number of rotatable bonds is 0. The number of pyridine rings is 1. The van der Waals surface area contributed by atoms with E-state index in [0.29, 0.717) is 0 Å². The maximum Gasteiger partial charge on any atom is 0.140 e. The van der Waals surface area contributed by atoms with Crippen molar-refractivity contribution in [1.82, 2.24) is 15.0 Å². The Balaban J connectivity index is 2.42. The second-order valence-corrected chi connectivity index (χ2v) is 3.96. The Bertz CT molecular complexity index is 808. The number of aromatic amines is 2. The van der Waals surface area contributed by atoms with E-state index in [4.69, 9.17) is 0 Å². The molecule has 0 aliphatic carbocycles. The zero-order valence-corrected chi connectivity index (χ0v) is 8.49. The summed E-state index contributed by atoms with van der Waals surface area (Å²) in [5.41, 5.74) is 3.23. The zero-order chi connectivity index (χ0) is 10.5. The molecule has 0 bridgehead atoms. The van der Waals surface area contributed by atoms with Gasteiger partial charge in [0, 0.05) is 28.7 Å². The molecular formula is C13H9N3. The molecule has 0 saturated heterocycles. The van der Waals surface area contributed by atoms with Gasteiger partial charge >= 0.3 is 0 Å². The molecule has 0 unspecified atom stereocenters. The quantitative estimate of drug-likeness (QED) is 0.457. The lowest BCUT2D eigenvalue weighted by Gasteiger charge is -1.93. The Labute approximate surface area is 91.1 Å². The summed E-state index contributed by atoms with van der Waals surface area (Å²) < 4.78 is 0. The minimum Gasteiger partial charge on any atom is -0.361 e. The smallest absolute Gasteiger partial charge is 0.140 e. The van der Waals surface area contributed by atoms with Crippen molar-refractivity contribution in [1.29, 1.82) is 0 Å². The van der Waals surface area contributed by atoms with E-state index in [2.05, 4.69) is 33.2 Å². The standard InChI is InChI=1S/C13H9N3/c1-2-4-10-9(3-1)11-12-8(5-6-14-12)7-15-13(11)16-10/h1-7,14H,(H,15,16). The number of aromatic nitrogens is 3. The van der Waals surface area contributed by atoms with Crippen LogP contribution >= 0.6 is 0 Å². The summed E-state index contributed by atoms with van der Waals surface area (Å²) in [5.74, 6) is 0. The summed E-state index contributed by atoms with van der Waals surface area (Å²) in [7, 11) is 0. The summed E-state index contributed by atoms with van der Waals surface area (Å²) in [5, 5.41) is 3.55. The molecule has 3 nitrogen and oxygen atoms in total. The molecular weight excluding hydrogens is 198 g/mol. The van der Waals surface area contributed by atoms with Crippen molar-refractivity contribution in [3.8, 4) is 0 Å². The normalized spacial score (nSPS) is 11.8. The van der Waals surface area contributed by atoms with Crippen LogP contribution in [0.25, 0.3) is 32.8 Å². The average Bonchev–Trinajstić information content (AvgIpc) is 2.91. The van der Waals surface area contributed by atoms with Gasteiger partial charge in [-0.25, -0.2) is 4.98 Å². The van der Waals surface area contributed by atoms with Crippen LogP contribution in [0.1, 0.15) is 0 Å². The minimum absolute atomic E-state index is 0.941. The number of hydrogen-bond donors (Lipinski definition) is 2. The largest absolute Gasteiger partial charge is 0.361 e. The van der Waals surface area contributed by atoms with E-state index in [1.807, 2.05) is 24.5 Å². The molecule has 0 fully saturated rings. The maximum absolute atomic E-state index is 4.44. The Kier molecular flexibility index (Phi) is 1.31. The van der Waals surface area contributed by atoms with Gasteiger partial charge in [0.1, 0.15) is 5.65 Å². The lowest BCUT2D eigenvalue weighted by Crippen LogP contribution is -1.76. The number of benzene rings is 1. The van der Waals surface area contributed by atoms with Crippen LogP contribution in [-0.2, 0) is 0 Å². The molecule has 0 aliphatic rings. The second kappa shape index (κ2) is 2.64. The fraction of sp³-hybridized carbons (Fsp3) is 0. The molecule has 0 spiro atoms. The van der Waals surface area contributed by atoms with Gasteiger partial charge in [0.05, 0.1) is 10.9 Å². The van der Waals surface area contributed by atoms with Gasteiger partial charge in [-0.2, -0.15) is 0 Å². The number of nitrogens with one attached hydrogen (secondary N) is 2. The van der Waals surface area contributed by atoms with E-state index < -0.39 is 0 Å². The fourth-order valence-electron chi connectivity index (χ4n) is 2.32. The summed E-state index contributed by atoms with van der Waals surface area (Å²) in [6.07, 6.45) is 3.84. The minimum atomic E-state index is 0.941. The van der Waals surface area contributed by atoms with Crippen LogP contribution in [-0.4, -0.2) is 15.0 Å². The van der Waals surface area contributed by atoms with E-state index >= 15 is 0 Å². The molecule has 0 aliphatic heterocycles. The summed E-state index contributed by atoms with van der Waals surface area (Å²) >= 11 is 0. The molecule has 3 heteroatoms. The number of nitrogens with zero attached hydrogens (tertiary/aromatic N) is 1. The van der Waals surface area contributed by atoms with Crippen molar-refractivity contribution in [2.75, 3.05) is 0 Å². The number of H-pyrrole nitrogens is 2. The van der Waals surface area contributed by atoms with Crippen LogP contribution in [0.15, 0.2) is 42.7 Å². The van der Waals surface area contributed by atoms with Crippen LogP contribution in [0.5, 0.6) is 0 Å². The van der Waals surface area contributed by atoms with Crippen molar-refractivity contribution in [3.63, 3.8) is 0 Å². The molecule has 0 atom stereocenters. The Hall–Kier alpha value is -2.29. The molecule has 1 aromatic carbocycles. The van der Waals surface area contributed by atoms with E-state index in [-0.39, 0.29) is 0 Å². The SMILES string of the molecule is c1ccc2c(c1)[nH]c1ncc3cc[nH]c3c12. The number of fused-ring (bicyclic) bond motifs is 5. The third kappa shape index (κ3) is 0.852. The fourth-order valence-corrected chi connectivity index (χ4v) is 2.32. The predicted octanol–water partition coefficient (Wildman–Crippen LogP) is 3.20. The van der Waals surface area contributed by atoms with E-state index in [0.717, 1.165) is 22.1 Å². The van der Waals surface area contributed by atoms with Crippen LogP contribution in [0.3, 0.4) is 0 Å². The zero-order valence-electron chi connectivity index (χ0n) is 8.49. The Morgan fingerprint density at radius 2 is 2.00 bits per heavy atom. The second-order valence-electron chi connectivity index (χ2n) is 3.96. The first kappa shape index (κ1) is 7.93. The van der Waals surface area contributed by atoms with Gasteiger partial charge in [-0.05, 0) is 12.1 Å². The first-order valence-electron chi connectivity index (χ1n) is 5.26. The monoisotopic (exact) mass is 207 g/mol. The topological polar surface area (TPSA) is 44.5 Å². The molecule has 76 valence electrons. The van der Waals surface area contributed by atoms with E-state index in [9.17, 15) is 0 Å². The van der Waals surface area contributed by atoms with Gasteiger partial charge in [-0.1, -0.05) is 18.2 Å². The van der Waals surface area contributed by atoms with Gasteiger partial charge in [0.25, 0.3) is 0 Å². The van der Waals surface area contributed by atoms with Crippen molar-refractivity contribution < 1.29 is 0 Å². The van der Waals surface area contributed by atoms with Crippen LogP contribution in [0.4, 0.5) is 0 Å². The lowest BCUT2D eigenvalue weighted by atomic mass is 10.1. The highest BCUT2D eigenvalue weighted by atomic mass is 14.9. The molecule has 4 aromatic rings. The lowest BCUT2D eigenvalue weighted by molar-refractivity contribution is 1.36. The Morgan fingerprint density at radius 1 is 1.06 bits per heavy atom. The van der Waals surface area contributed by atoms with Crippen LogP contribution in [0, 0.1) is 0 Å². The van der Waals surface area contributed by atoms with Gasteiger partial charge < -0.3 is 9.97 Å². The van der Waals surface area contributed by atoms with Crippen molar-refractivity contribution in [3.05, 3.63) is 42.7 Å².